The van der Waals surface area contributed by atoms with Gasteiger partial charge in [-0.1, -0.05) is 75.7 Å². The highest BCUT2D eigenvalue weighted by Crippen LogP contribution is 2.29. The second-order valence-electron chi connectivity index (χ2n) is 19.6. The zero-order chi connectivity index (χ0) is 53.7. The third-order valence-corrected chi connectivity index (χ3v) is 13.6. The molecule has 0 spiro atoms. The van der Waals surface area contributed by atoms with Crippen molar-refractivity contribution in [1.29, 1.82) is 0 Å². The first-order chi connectivity index (χ1) is 36.1. The maximum atomic E-state index is 14.0. The van der Waals surface area contributed by atoms with E-state index in [9.17, 15) is 29.1 Å². The topological polar surface area (TPSA) is 252 Å². The van der Waals surface area contributed by atoms with Crippen LogP contribution in [0.3, 0.4) is 0 Å². The van der Waals surface area contributed by atoms with Crippen molar-refractivity contribution < 1.29 is 48.5 Å². The molecule has 1 aliphatic heterocycles. The van der Waals surface area contributed by atoms with Crippen LogP contribution in [-0.2, 0) is 49.9 Å². The maximum absolute atomic E-state index is 14.0. The third-order valence-electron chi connectivity index (χ3n) is 12.6. The van der Waals surface area contributed by atoms with Crippen LogP contribution in [0.25, 0.3) is 10.4 Å². The van der Waals surface area contributed by atoms with Gasteiger partial charge in [-0.05, 0) is 91.1 Å². The van der Waals surface area contributed by atoms with E-state index in [1.807, 2.05) is 63.7 Å². The van der Waals surface area contributed by atoms with Gasteiger partial charge in [-0.15, -0.1) is 16.4 Å². The van der Waals surface area contributed by atoms with Crippen molar-refractivity contribution >= 4 is 46.7 Å². The molecule has 0 bridgehead atoms. The number of carbonyl (C=O) groups excluding carboxylic acids is 5. The van der Waals surface area contributed by atoms with Crippen LogP contribution in [0.5, 0.6) is 5.75 Å². The van der Waals surface area contributed by atoms with Crippen molar-refractivity contribution in [3.8, 4) is 16.2 Å². The number of likely N-dealkylation sites (tertiary alicyclic amines) is 1. The van der Waals surface area contributed by atoms with Crippen molar-refractivity contribution in [2.75, 3.05) is 51.4 Å². The zero-order valence-corrected chi connectivity index (χ0v) is 44.4. The number of benzene rings is 3. The smallest absolute Gasteiger partial charge is 0.322 e. The number of nitrogens with zero attached hydrogens (tertiary/aromatic N) is 6. The van der Waals surface area contributed by atoms with Gasteiger partial charge in [-0.25, -0.2) is 19.9 Å². The number of ether oxygens (including phenoxy) is 3. The van der Waals surface area contributed by atoms with E-state index < -0.39 is 35.4 Å². The lowest BCUT2D eigenvalue weighted by atomic mass is 9.85. The molecule has 1 saturated heterocycles. The summed E-state index contributed by atoms with van der Waals surface area (Å²) in [6.45, 7) is 13.2. The van der Waals surface area contributed by atoms with E-state index in [1.54, 1.807) is 74.9 Å². The monoisotopic (exact) mass is 1050 g/mol. The van der Waals surface area contributed by atoms with Crippen LogP contribution in [0.4, 0.5) is 10.5 Å². The number of aliphatic hydroxyl groups excluding tert-OH is 1. The Balaban J connectivity index is 0.815. The highest BCUT2D eigenvalue weighted by atomic mass is 32.1. The zero-order valence-electron chi connectivity index (χ0n) is 43.6. The highest BCUT2D eigenvalue weighted by Gasteiger charge is 2.44. The molecule has 3 aromatic carbocycles. The number of amides is 6. The molecule has 3 atom stereocenters. The van der Waals surface area contributed by atoms with E-state index in [1.165, 1.54) is 4.90 Å². The number of β-amino-alcohol motifs (C(OH)–C–C–N with tert-alkyl or cyclic N) is 1. The largest absolute Gasteiger partial charge is 0.491 e. The summed E-state index contributed by atoms with van der Waals surface area (Å²) in [4.78, 5) is 74.1. The van der Waals surface area contributed by atoms with Crippen LogP contribution in [-0.4, -0.2) is 134 Å². The minimum absolute atomic E-state index is 0.00338. The van der Waals surface area contributed by atoms with Crippen LogP contribution in [0, 0.1) is 12.3 Å². The highest BCUT2D eigenvalue weighted by molar-refractivity contribution is 7.13. The average Bonchev–Trinajstić information content (AvgIpc) is 4.16. The van der Waals surface area contributed by atoms with Crippen LogP contribution < -0.4 is 26.2 Å². The van der Waals surface area contributed by atoms with E-state index in [4.69, 9.17) is 19.4 Å². The molecule has 5 aromatic rings. The van der Waals surface area contributed by atoms with E-state index in [2.05, 4.69) is 38.2 Å². The van der Waals surface area contributed by atoms with E-state index >= 15 is 0 Å². The summed E-state index contributed by atoms with van der Waals surface area (Å²) in [5, 5.41) is 36.7. The number of unbranched alkanes of at least 4 members (excludes halogenated alkanes) is 2. The molecule has 6 N–H and O–H groups in total. The van der Waals surface area contributed by atoms with Gasteiger partial charge in [0.25, 0.3) is 5.91 Å². The third kappa shape index (κ3) is 17.9. The molecule has 1 aliphatic rings. The summed E-state index contributed by atoms with van der Waals surface area (Å²) in [5.41, 5.74) is 8.27. The van der Waals surface area contributed by atoms with Crippen LogP contribution >= 0.6 is 11.3 Å². The second kappa shape index (κ2) is 28.8. The van der Waals surface area contributed by atoms with Crippen molar-refractivity contribution in [2.24, 2.45) is 5.41 Å². The molecular formula is C54H72N10O10S. The first-order valence-corrected chi connectivity index (χ1v) is 26.4. The van der Waals surface area contributed by atoms with Crippen molar-refractivity contribution in [1.82, 2.24) is 45.9 Å². The number of hydroxylamine groups is 1. The van der Waals surface area contributed by atoms with Gasteiger partial charge in [0.05, 0.1) is 60.9 Å². The molecule has 0 unspecified atom stereocenters. The molecule has 404 valence electrons. The normalized spacial score (nSPS) is 14.8. The van der Waals surface area contributed by atoms with Gasteiger partial charge in [0.15, 0.2) is 0 Å². The number of anilines is 1. The molecule has 2 aromatic heterocycles. The first-order valence-electron chi connectivity index (χ1n) is 25.5. The molecule has 0 saturated carbocycles. The standard InChI is InChI=1S/C54H72N10O10S/c1-6-7-24-62(33-39-14-18-41(19-15-39)50(67)60-71)53(70)57-42-20-22-45(23-21-42)74-30-29-73-28-27-72-26-25-63-34-43(59-61-63)10-8-9-11-47(66)58-49(54(3,4)5)52(69)64-35-44(65)31-46(64)51(68)55-32-38-12-16-40(17-13-38)48-37(2)56-36-75-48/h12-23,34,36,44,46,49,65,71H,6-11,24-33,35H2,1-5H3,(H,55,68)(H,57,70)(H,58,66)(H,60,67)/t44-,46+,49-/m1/s1. The van der Waals surface area contributed by atoms with Crippen LogP contribution in [0.2, 0.25) is 0 Å². The Hall–Kier alpha value is -6.78. The molecule has 21 heteroatoms. The summed E-state index contributed by atoms with van der Waals surface area (Å²) in [6.07, 6.45) is 4.94. The van der Waals surface area contributed by atoms with E-state index in [-0.39, 0.29) is 43.8 Å². The predicted octanol–water partition coefficient (Wildman–Crippen LogP) is 6.30. The van der Waals surface area contributed by atoms with Gasteiger partial charge < -0.3 is 45.1 Å². The average molecular weight is 1050 g/mol. The SMILES string of the molecule is CCCCN(Cc1ccc(C(=O)NO)cc1)C(=O)Nc1ccc(OCCOCCOCCn2cc(CCCCC(=O)N[C@H](C(=O)N3C[C@H](O)C[C@H]3C(=O)NCc3ccc(-c4scnc4C)cc3)C(C)(C)C)nn2)cc1. The van der Waals surface area contributed by atoms with E-state index in [0.717, 1.165) is 45.8 Å². The number of aryl methyl sites for hydroxylation is 2. The fourth-order valence-corrected chi connectivity index (χ4v) is 9.16. The Bertz CT molecular complexity index is 2600. The number of carbonyl (C=O) groups is 5. The summed E-state index contributed by atoms with van der Waals surface area (Å²) in [6, 6.07) is 19.7. The summed E-state index contributed by atoms with van der Waals surface area (Å²) in [5.74, 6) is -0.989. The Kier molecular flexibility index (Phi) is 22.1. The number of aliphatic hydroxyl groups is 1. The van der Waals surface area contributed by atoms with Crippen LogP contribution in [0.1, 0.15) is 99.1 Å². The first kappa shape index (κ1) is 57.5. The van der Waals surface area contributed by atoms with Crippen molar-refractivity contribution in [3.63, 3.8) is 0 Å². The fraction of sp³-hybridized carbons (Fsp3) is 0.481. The Morgan fingerprint density at radius 3 is 2.28 bits per heavy atom. The lowest BCUT2D eigenvalue weighted by Gasteiger charge is -2.35. The van der Waals surface area contributed by atoms with Gasteiger partial charge in [0, 0.05) is 56.5 Å². The molecular weight excluding hydrogens is 981 g/mol. The fourth-order valence-electron chi connectivity index (χ4n) is 8.35. The van der Waals surface area contributed by atoms with Crippen LogP contribution in [0.15, 0.2) is 84.5 Å². The minimum atomic E-state index is -0.902. The molecule has 20 nitrogen and oxygen atoms in total. The number of rotatable bonds is 28. The van der Waals surface area contributed by atoms with Crippen molar-refractivity contribution in [3.05, 3.63) is 113 Å². The minimum Gasteiger partial charge on any atom is -0.491 e. The molecule has 0 radical (unpaired) electrons. The predicted molar refractivity (Wildman–Crippen MR) is 283 cm³/mol. The van der Waals surface area contributed by atoms with E-state index in [0.29, 0.717) is 88.9 Å². The van der Waals surface area contributed by atoms with Crippen molar-refractivity contribution in [2.45, 2.75) is 117 Å². The lowest BCUT2D eigenvalue weighted by molar-refractivity contribution is -0.144. The summed E-state index contributed by atoms with van der Waals surface area (Å²) >= 11 is 1.57. The van der Waals surface area contributed by atoms with Gasteiger partial charge in [-0.3, -0.25) is 24.4 Å². The van der Waals surface area contributed by atoms with Gasteiger partial charge in [0.2, 0.25) is 17.7 Å². The molecule has 0 aliphatic carbocycles. The Labute approximate surface area is 442 Å². The second-order valence-corrected chi connectivity index (χ2v) is 20.4. The van der Waals surface area contributed by atoms with Gasteiger partial charge in [-0.2, -0.15) is 0 Å². The molecule has 3 heterocycles. The molecule has 6 rings (SSSR count). The number of hydrogen-bond acceptors (Lipinski definition) is 14. The number of hydrogen-bond donors (Lipinski definition) is 6. The molecule has 6 amide bonds. The Morgan fingerprint density at radius 1 is 0.893 bits per heavy atom. The van der Waals surface area contributed by atoms with Gasteiger partial charge >= 0.3 is 6.03 Å². The summed E-state index contributed by atoms with van der Waals surface area (Å²) in [7, 11) is 0. The molecule has 1 fully saturated rings. The van der Waals surface area contributed by atoms with Gasteiger partial charge in [0.1, 0.15) is 24.4 Å². The molecule has 75 heavy (non-hydrogen) atoms. The summed E-state index contributed by atoms with van der Waals surface area (Å²) < 4.78 is 18.9. The number of nitrogens with one attached hydrogen (secondary N) is 4. The Morgan fingerprint density at radius 2 is 1.60 bits per heavy atom. The maximum Gasteiger partial charge on any atom is 0.322 e. The quantitative estimate of drug-likeness (QED) is 0.0183. The number of thiazole rings is 1. The number of urea groups is 1. The number of aromatic nitrogens is 4. The lowest BCUT2D eigenvalue weighted by Crippen LogP contribution is -2.57.